The first-order valence-corrected chi connectivity index (χ1v) is 14.7. The molecule has 8 heteroatoms. The fourth-order valence-corrected chi connectivity index (χ4v) is 5.99. The Bertz CT molecular complexity index is 1060. The van der Waals surface area contributed by atoms with Crippen LogP contribution in [-0.2, 0) is 9.59 Å². The number of aliphatic carboxylic acids is 2. The first kappa shape index (κ1) is 29.9. The summed E-state index contributed by atoms with van der Waals surface area (Å²) < 4.78 is 12.4. The van der Waals surface area contributed by atoms with Gasteiger partial charge in [-0.3, -0.25) is 9.59 Å². The number of nitrogens with zero attached hydrogens (tertiary/aromatic N) is 2. The molecule has 0 saturated carbocycles. The topological polar surface area (TPSA) is 99.5 Å². The molecule has 0 unspecified atom stereocenters. The van der Waals surface area contributed by atoms with Crippen LogP contribution in [0, 0.1) is 25.7 Å². The molecule has 218 valence electrons. The van der Waals surface area contributed by atoms with Crippen molar-refractivity contribution in [1.82, 2.24) is 9.80 Å². The predicted molar refractivity (Wildman–Crippen MR) is 155 cm³/mol. The maximum atomic E-state index is 11.3. The Morgan fingerprint density at radius 3 is 1.57 bits per heavy atom. The first-order chi connectivity index (χ1) is 19.3. The third-order valence-electron chi connectivity index (χ3n) is 8.32. The normalized spacial score (nSPS) is 20.2. The van der Waals surface area contributed by atoms with Gasteiger partial charge in [0, 0.05) is 26.2 Å². The minimum atomic E-state index is -0.689. The molecule has 0 amide bonds. The third kappa shape index (κ3) is 7.98. The van der Waals surface area contributed by atoms with Crippen LogP contribution in [-0.4, -0.2) is 84.4 Å². The van der Waals surface area contributed by atoms with Gasteiger partial charge in [0.1, 0.15) is 11.5 Å². The van der Waals surface area contributed by atoms with Crippen LogP contribution < -0.4 is 9.47 Å². The van der Waals surface area contributed by atoms with Crippen molar-refractivity contribution in [3.05, 3.63) is 47.5 Å². The highest BCUT2D eigenvalue weighted by Crippen LogP contribution is 2.35. The summed E-state index contributed by atoms with van der Waals surface area (Å²) in [5, 5.41) is 18.6. The largest absolute Gasteiger partial charge is 0.493 e. The molecular formula is C32H44N2O6. The van der Waals surface area contributed by atoms with E-state index in [-0.39, 0.29) is 11.8 Å². The number of carboxylic acid groups (broad SMARTS) is 2. The number of rotatable bonds is 13. The number of carbonyl (C=O) groups is 2. The first-order valence-electron chi connectivity index (χ1n) is 14.7. The molecule has 0 aliphatic carbocycles. The van der Waals surface area contributed by atoms with E-state index < -0.39 is 11.9 Å². The summed E-state index contributed by atoms with van der Waals surface area (Å²) in [6.07, 6.45) is 5.13. The summed E-state index contributed by atoms with van der Waals surface area (Å²) in [4.78, 5) is 27.1. The maximum absolute atomic E-state index is 11.3. The van der Waals surface area contributed by atoms with E-state index in [1.807, 2.05) is 24.3 Å². The van der Waals surface area contributed by atoms with Crippen molar-refractivity contribution in [3.63, 3.8) is 0 Å². The summed E-state index contributed by atoms with van der Waals surface area (Å²) in [6.45, 7) is 10.2. The number of piperidine rings is 2. The zero-order valence-corrected chi connectivity index (χ0v) is 23.9. The lowest BCUT2D eigenvalue weighted by molar-refractivity contribution is -0.144. The Hall–Kier alpha value is -3.10. The van der Waals surface area contributed by atoms with Gasteiger partial charge in [-0.15, -0.1) is 0 Å². The van der Waals surface area contributed by atoms with Crippen LogP contribution in [0.15, 0.2) is 36.4 Å². The van der Waals surface area contributed by atoms with Crippen molar-refractivity contribution in [2.75, 3.05) is 52.5 Å². The van der Waals surface area contributed by atoms with Crippen molar-refractivity contribution in [2.24, 2.45) is 11.8 Å². The van der Waals surface area contributed by atoms with Gasteiger partial charge in [0.25, 0.3) is 0 Å². The quantitative estimate of drug-likeness (QED) is 0.331. The van der Waals surface area contributed by atoms with Crippen molar-refractivity contribution < 1.29 is 29.3 Å². The zero-order chi connectivity index (χ0) is 28.5. The monoisotopic (exact) mass is 552 g/mol. The van der Waals surface area contributed by atoms with Gasteiger partial charge >= 0.3 is 11.9 Å². The minimum Gasteiger partial charge on any atom is -0.493 e. The van der Waals surface area contributed by atoms with Crippen molar-refractivity contribution in [2.45, 2.75) is 52.4 Å². The Morgan fingerprint density at radius 1 is 0.750 bits per heavy atom. The third-order valence-corrected chi connectivity index (χ3v) is 8.32. The highest BCUT2D eigenvalue weighted by molar-refractivity contribution is 5.74. The average molecular weight is 553 g/mol. The predicted octanol–water partition coefficient (Wildman–Crippen LogP) is 5.10. The SMILES string of the molecule is Cc1c(OCCCN2CCC[C@H](C(=O)O)C2)cccc1-c1cccc(OCCCN2CCC[C@H](C(=O)O)C2)c1C. The Balaban J connectivity index is 1.28. The molecule has 2 heterocycles. The van der Waals surface area contributed by atoms with E-state index in [0.717, 1.165) is 98.5 Å². The van der Waals surface area contributed by atoms with Crippen LogP contribution >= 0.6 is 0 Å². The van der Waals surface area contributed by atoms with E-state index in [1.165, 1.54) is 0 Å². The molecule has 2 N–H and O–H groups in total. The molecule has 2 saturated heterocycles. The molecule has 8 nitrogen and oxygen atoms in total. The standard InChI is InChI=1S/C32H44N2O6/c1-23-27(11-3-13-29(23)39-19-7-17-33-15-5-9-25(21-33)31(35)36)28-12-4-14-30(24(28)2)40-20-8-18-34-16-6-10-26(22-34)32(37)38/h3-4,11-14,25-26H,5-10,15-22H2,1-2H3,(H,35,36)(H,37,38)/t25-,26-/m0/s1. The number of likely N-dealkylation sites (tertiary alicyclic amines) is 2. The molecule has 0 radical (unpaired) electrons. The molecule has 2 aromatic rings. The molecule has 4 rings (SSSR count). The minimum absolute atomic E-state index is 0.252. The fourth-order valence-electron chi connectivity index (χ4n) is 5.99. The van der Waals surface area contributed by atoms with Gasteiger partial charge in [-0.25, -0.2) is 0 Å². The van der Waals surface area contributed by atoms with E-state index in [1.54, 1.807) is 0 Å². The van der Waals surface area contributed by atoms with E-state index in [2.05, 4.69) is 35.8 Å². The smallest absolute Gasteiger partial charge is 0.307 e. The van der Waals surface area contributed by atoms with Gasteiger partial charge in [-0.1, -0.05) is 24.3 Å². The molecule has 40 heavy (non-hydrogen) atoms. The van der Waals surface area contributed by atoms with Gasteiger partial charge in [0.15, 0.2) is 0 Å². The van der Waals surface area contributed by atoms with Gasteiger partial charge in [-0.05, 0) is 99.8 Å². The fraction of sp³-hybridized carbons (Fsp3) is 0.562. The number of benzene rings is 2. The van der Waals surface area contributed by atoms with Crippen molar-refractivity contribution >= 4 is 11.9 Å². The maximum Gasteiger partial charge on any atom is 0.307 e. The van der Waals surface area contributed by atoms with Crippen molar-refractivity contribution in [3.8, 4) is 22.6 Å². The Labute approximate surface area is 237 Å². The Kier molecular flexibility index (Phi) is 10.8. The highest BCUT2D eigenvalue weighted by atomic mass is 16.5. The molecule has 0 bridgehead atoms. The number of carboxylic acids is 2. The molecule has 2 aliphatic heterocycles. The van der Waals surface area contributed by atoms with E-state index in [4.69, 9.17) is 9.47 Å². The molecule has 2 aromatic carbocycles. The van der Waals surface area contributed by atoms with E-state index >= 15 is 0 Å². The highest BCUT2D eigenvalue weighted by Gasteiger charge is 2.26. The van der Waals surface area contributed by atoms with Gasteiger partial charge in [-0.2, -0.15) is 0 Å². The second-order valence-corrected chi connectivity index (χ2v) is 11.2. The van der Waals surface area contributed by atoms with Crippen molar-refractivity contribution in [1.29, 1.82) is 0 Å². The lowest BCUT2D eigenvalue weighted by atomic mass is 9.95. The summed E-state index contributed by atoms with van der Waals surface area (Å²) in [7, 11) is 0. The van der Waals surface area contributed by atoms with Crippen LogP contribution in [0.4, 0.5) is 0 Å². The Morgan fingerprint density at radius 2 is 1.18 bits per heavy atom. The van der Waals surface area contributed by atoms with Crippen LogP contribution in [0.1, 0.15) is 49.7 Å². The van der Waals surface area contributed by atoms with Gasteiger partial charge in [0.05, 0.1) is 25.0 Å². The number of ether oxygens (including phenoxy) is 2. The molecule has 0 aromatic heterocycles. The number of hydrogen-bond acceptors (Lipinski definition) is 6. The van der Waals surface area contributed by atoms with Gasteiger partial charge in [0.2, 0.25) is 0 Å². The van der Waals surface area contributed by atoms with Crippen LogP contribution in [0.25, 0.3) is 11.1 Å². The van der Waals surface area contributed by atoms with E-state index in [9.17, 15) is 19.8 Å². The summed E-state index contributed by atoms with van der Waals surface area (Å²) in [5.41, 5.74) is 4.41. The lowest BCUT2D eigenvalue weighted by Crippen LogP contribution is -2.39. The lowest BCUT2D eigenvalue weighted by Gasteiger charge is -2.30. The molecule has 2 atom stereocenters. The molecule has 2 aliphatic rings. The average Bonchev–Trinajstić information content (AvgIpc) is 2.95. The zero-order valence-electron chi connectivity index (χ0n) is 23.9. The number of hydrogen-bond donors (Lipinski definition) is 2. The molecular weight excluding hydrogens is 508 g/mol. The summed E-state index contributed by atoms with van der Waals surface area (Å²) in [6, 6.07) is 12.3. The second-order valence-electron chi connectivity index (χ2n) is 11.2. The molecule has 0 spiro atoms. The molecule has 2 fully saturated rings. The van der Waals surface area contributed by atoms with Gasteiger partial charge < -0.3 is 29.5 Å². The second kappa shape index (κ2) is 14.5. The van der Waals surface area contributed by atoms with Crippen LogP contribution in [0.5, 0.6) is 11.5 Å². The summed E-state index contributed by atoms with van der Waals surface area (Å²) in [5.74, 6) is -0.147. The van der Waals surface area contributed by atoms with E-state index in [0.29, 0.717) is 26.3 Å². The van der Waals surface area contributed by atoms with Crippen LogP contribution in [0.2, 0.25) is 0 Å². The van der Waals surface area contributed by atoms with Crippen LogP contribution in [0.3, 0.4) is 0 Å². The summed E-state index contributed by atoms with van der Waals surface area (Å²) >= 11 is 0.